The van der Waals surface area contributed by atoms with Crippen molar-refractivity contribution in [1.82, 2.24) is 10.2 Å². The van der Waals surface area contributed by atoms with Gasteiger partial charge in [0.1, 0.15) is 0 Å². The Morgan fingerprint density at radius 2 is 1.82 bits per heavy atom. The first-order valence-electron chi connectivity index (χ1n) is 6.65. The van der Waals surface area contributed by atoms with Gasteiger partial charge in [0.2, 0.25) is 0 Å². The molecule has 1 fully saturated rings. The fourth-order valence-electron chi connectivity index (χ4n) is 2.48. The second-order valence-corrected chi connectivity index (χ2v) is 5.78. The Kier molecular flexibility index (Phi) is 5.80. The summed E-state index contributed by atoms with van der Waals surface area (Å²) in [5.41, 5.74) is 0. The van der Waals surface area contributed by atoms with Crippen LogP contribution >= 0.6 is 0 Å². The molecule has 1 aliphatic heterocycles. The van der Waals surface area contributed by atoms with Crippen LogP contribution in [0.1, 0.15) is 34.1 Å². The van der Waals surface area contributed by atoms with Crippen molar-refractivity contribution in [2.24, 2.45) is 11.8 Å². The second kappa shape index (κ2) is 6.64. The van der Waals surface area contributed by atoms with Gasteiger partial charge < -0.3 is 5.32 Å². The number of piperidine rings is 1. The van der Waals surface area contributed by atoms with Gasteiger partial charge in [0.05, 0.1) is 6.54 Å². The lowest BCUT2D eigenvalue weighted by Crippen LogP contribution is -2.53. The number of nitrogens with one attached hydrogen (secondary N) is 1. The van der Waals surface area contributed by atoms with Gasteiger partial charge in [0.25, 0.3) is 6.43 Å². The van der Waals surface area contributed by atoms with E-state index in [4.69, 9.17) is 0 Å². The third kappa shape index (κ3) is 4.88. The van der Waals surface area contributed by atoms with Crippen molar-refractivity contribution in [2.45, 2.75) is 52.6 Å². The molecule has 0 spiro atoms. The molecule has 1 heterocycles. The number of likely N-dealkylation sites (tertiary alicyclic amines) is 1. The average Bonchev–Trinajstić information content (AvgIpc) is 2.25. The number of alkyl halides is 2. The molecule has 1 aliphatic rings. The smallest absolute Gasteiger partial charge is 0.250 e. The van der Waals surface area contributed by atoms with Crippen molar-refractivity contribution >= 4 is 0 Å². The highest BCUT2D eigenvalue weighted by atomic mass is 19.3. The van der Waals surface area contributed by atoms with E-state index in [2.05, 4.69) is 37.9 Å². The summed E-state index contributed by atoms with van der Waals surface area (Å²) in [6.07, 6.45) is -1.23. The molecule has 1 rings (SSSR count). The number of hydrogen-bond donors (Lipinski definition) is 1. The van der Waals surface area contributed by atoms with E-state index in [1.165, 1.54) is 0 Å². The Balaban J connectivity index is 2.52. The van der Waals surface area contributed by atoms with Crippen molar-refractivity contribution in [2.75, 3.05) is 19.6 Å². The summed E-state index contributed by atoms with van der Waals surface area (Å²) in [5.74, 6) is 1.23. The van der Waals surface area contributed by atoms with E-state index in [1.54, 1.807) is 0 Å². The summed E-state index contributed by atoms with van der Waals surface area (Å²) in [7, 11) is 0. The first-order chi connectivity index (χ1) is 7.90. The van der Waals surface area contributed by atoms with Gasteiger partial charge in [0, 0.05) is 25.2 Å². The van der Waals surface area contributed by atoms with E-state index in [1.807, 2.05) is 0 Å². The molecule has 2 nitrogen and oxygen atoms in total. The zero-order valence-corrected chi connectivity index (χ0v) is 11.4. The van der Waals surface area contributed by atoms with Gasteiger partial charge in [-0.3, -0.25) is 4.90 Å². The molecule has 0 radical (unpaired) electrons. The fraction of sp³-hybridized carbons (Fsp3) is 1.00. The standard InChI is InChI=1S/C13H26F2N2/c1-9(2)11-5-12(16-6-13(14)15)8-17(7-11)10(3)4/h9-13,16H,5-8H2,1-4H3. The lowest BCUT2D eigenvalue weighted by Gasteiger charge is -2.42. The maximum Gasteiger partial charge on any atom is 0.250 e. The van der Waals surface area contributed by atoms with Crippen LogP contribution < -0.4 is 5.32 Å². The zero-order chi connectivity index (χ0) is 13.0. The van der Waals surface area contributed by atoms with Gasteiger partial charge in [-0.1, -0.05) is 13.8 Å². The SMILES string of the molecule is CC(C)C1CC(NCC(F)F)CN(C(C)C)C1. The maximum atomic E-state index is 12.2. The summed E-state index contributed by atoms with van der Waals surface area (Å²) < 4.78 is 24.5. The van der Waals surface area contributed by atoms with Crippen LogP contribution in [0.25, 0.3) is 0 Å². The van der Waals surface area contributed by atoms with E-state index in [0.29, 0.717) is 17.9 Å². The van der Waals surface area contributed by atoms with Gasteiger partial charge in [0.15, 0.2) is 0 Å². The third-order valence-electron chi connectivity index (χ3n) is 3.75. The van der Waals surface area contributed by atoms with Crippen molar-refractivity contribution in [1.29, 1.82) is 0 Å². The molecular formula is C13H26F2N2. The summed E-state index contributed by atoms with van der Waals surface area (Å²) in [6.45, 7) is 10.6. The zero-order valence-electron chi connectivity index (χ0n) is 11.4. The first kappa shape index (κ1) is 14.8. The molecule has 102 valence electrons. The number of halogens is 2. The van der Waals surface area contributed by atoms with Crippen LogP contribution in [0.15, 0.2) is 0 Å². The third-order valence-corrected chi connectivity index (χ3v) is 3.75. The normalized spacial score (nSPS) is 27.4. The van der Waals surface area contributed by atoms with Crippen LogP contribution in [0.2, 0.25) is 0 Å². The molecular weight excluding hydrogens is 222 g/mol. The molecule has 0 amide bonds. The predicted molar refractivity (Wildman–Crippen MR) is 67.4 cm³/mol. The predicted octanol–water partition coefficient (Wildman–Crippen LogP) is 2.60. The molecule has 2 atom stereocenters. The Labute approximate surface area is 104 Å². The minimum Gasteiger partial charge on any atom is -0.307 e. The van der Waals surface area contributed by atoms with E-state index in [9.17, 15) is 8.78 Å². The molecule has 0 bridgehead atoms. The van der Waals surface area contributed by atoms with Gasteiger partial charge >= 0.3 is 0 Å². The Morgan fingerprint density at radius 3 is 2.29 bits per heavy atom. The maximum absolute atomic E-state index is 12.2. The van der Waals surface area contributed by atoms with Crippen LogP contribution in [0, 0.1) is 11.8 Å². The molecule has 0 aliphatic carbocycles. The average molecular weight is 248 g/mol. The van der Waals surface area contributed by atoms with E-state index < -0.39 is 6.43 Å². The molecule has 2 unspecified atom stereocenters. The fourth-order valence-corrected chi connectivity index (χ4v) is 2.48. The minimum atomic E-state index is -2.25. The summed E-state index contributed by atoms with van der Waals surface area (Å²) in [4.78, 5) is 2.40. The Morgan fingerprint density at radius 1 is 1.18 bits per heavy atom. The van der Waals surface area contributed by atoms with Gasteiger partial charge in [-0.05, 0) is 32.1 Å². The molecule has 0 saturated carbocycles. The highest BCUT2D eigenvalue weighted by Crippen LogP contribution is 2.25. The lowest BCUT2D eigenvalue weighted by molar-refractivity contribution is 0.0777. The quantitative estimate of drug-likeness (QED) is 0.804. The summed E-state index contributed by atoms with van der Waals surface area (Å²) in [5, 5.41) is 3.00. The van der Waals surface area contributed by atoms with E-state index in [0.717, 1.165) is 19.5 Å². The van der Waals surface area contributed by atoms with Crippen LogP contribution in [-0.4, -0.2) is 43.0 Å². The molecule has 1 N–H and O–H groups in total. The number of rotatable bonds is 5. The topological polar surface area (TPSA) is 15.3 Å². The molecule has 17 heavy (non-hydrogen) atoms. The summed E-state index contributed by atoms with van der Waals surface area (Å²) >= 11 is 0. The lowest BCUT2D eigenvalue weighted by atomic mass is 9.85. The van der Waals surface area contributed by atoms with E-state index >= 15 is 0 Å². The molecule has 1 saturated heterocycles. The van der Waals surface area contributed by atoms with Gasteiger partial charge in [-0.15, -0.1) is 0 Å². The first-order valence-corrected chi connectivity index (χ1v) is 6.65. The number of nitrogens with zero attached hydrogens (tertiary/aromatic N) is 1. The molecule has 4 heteroatoms. The number of hydrogen-bond acceptors (Lipinski definition) is 2. The van der Waals surface area contributed by atoms with Crippen molar-refractivity contribution in [3.63, 3.8) is 0 Å². The van der Waals surface area contributed by atoms with Crippen molar-refractivity contribution in [3.8, 4) is 0 Å². The molecule has 0 aromatic rings. The molecule has 0 aromatic carbocycles. The highest BCUT2D eigenvalue weighted by Gasteiger charge is 2.30. The van der Waals surface area contributed by atoms with Crippen LogP contribution in [0.3, 0.4) is 0 Å². The van der Waals surface area contributed by atoms with Gasteiger partial charge in [-0.25, -0.2) is 8.78 Å². The van der Waals surface area contributed by atoms with Crippen LogP contribution in [0.4, 0.5) is 8.78 Å². The van der Waals surface area contributed by atoms with Crippen molar-refractivity contribution < 1.29 is 8.78 Å². The van der Waals surface area contributed by atoms with Crippen LogP contribution in [0.5, 0.6) is 0 Å². The second-order valence-electron chi connectivity index (χ2n) is 5.78. The molecule has 0 aromatic heterocycles. The van der Waals surface area contributed by atoms with Crippen molar-refractivity contribution in [3.05, 3.63) is 0 Å². The monoisotopic (exact) mass is 248 g/mol. The highest BCUT2D eigenvalue weighted by molar-refractivity contribution is 4.86. The largest absolute Gasteiger partial charge is 0.307 e. The van der Waals surface area contributed by atoms with E-state index in [-0.39, 0.29) is 12.6 Å². The minimum absolute atomic E-state index is 0.179. The van der Waals surface area contributed by atoms with Crippen LogP contribution in [-0.2, 0) is 0 Å². The van der Waals surface area contributed by atoms with Gasteiger partial charge in [-0.2, -0.15) is 0 Å². The summed E-state index contributed by atoms with van der Waals surface area (Å²) in [6, 6.07) is 0.708. The Bertz CT molecular complexity index is 203. The Hall–Kier alpha value is -0.220.